The lowest BCUT2D eigenvalue weighted by atomic mass is 10.2. The van der Waals surface area contributed by atoms with Crippen LogP contribution in [0, 0.1) is 0 Å². The number of nitrogens with zero attached hydrogens (tertiary/aromatic N) is 3. The van der Waals surface area contributed by atoms with E-state index in [1.54, 1.807) is 11.3 Å². The maximum atomic E-state index is 4.74. The van der Waals surface area contributed by atoms with Crippen molar-refractivity contribution in [2.45, 2.75) is 26.3 Å². The smallest absolute Gasteiger partial charge is 0.185 e. The van der Waals surface area contributed by atoms with Gasteiger partial charge < -0.3 is 10.2 Å². The molecule has 0 fully saturated rings. The van der Waals surface area contributed by atoms with Gasteiger partial charge in [-0.05, 0) is 25.6 Å². The average Bonchev–Trinajstić information content (AvgIpc) is 2.89. The Hall–Kier alpha value is -1.46. The summed E-state index contributed by atoms with van der Waals surface area (Å²) in [7, 11) is 4.08. The minimum absolute atomic E-state index is 0.898. The standard InChI is InChI=1S/C15H22N4S/c1-4-13-14(11-16-2)20-15(18-13)19(3)10-8-12-7-5-6-9-17-12/h5-7,9,16H,4,8,10-11H2,1-3H3. The molecule has 2 heterocycles. The summed E-state index contributed by atoms with van der Waals surface area (Å²) in [6.45, 7) is 3.99. The molecule has 0 aliphatic carbocycles. The first kappa shape index (κ1) is 14.9. The molecule has 0 bridgehead atoms. The minimum Gasteiger partial charge on any atom is -0.351 e. The fourth-order valence-electron chi connectivity index (χ4n) is 2.03. The van der Waals surface area contributed by atoms with Crippen LogP contribution < -0.4 is 10.2 Å². The monoisotopic (exact) mass is 290 g/mol. The summed E-state index contributed by atoms with van der Waals surface area (Å²) in [6, 6.07) is 6.05. The van der Waals surface area contributed by atoms with Crippen LogP contribution in [0.2, 0.25) is 0 Å². The third kappa shape index (κ3) is 3.77. The summed E-state index contributed by atoms with van der Waals surface area (Å²) in [5.74, 6) is 0. The summed E-state index contributed by atoms with van der Waals surface area (Å²) in [5, 5.41) is 4.31. The Morgan fingerprint density at radius 3 is 2.85 bits per heavy atom. The summed E-state index contributed by atoms with van der Waals surface area (Å²) >= 11 is 1.78. The summed E-state index contributed by atoms with van der Waals surface area (Å²) in [6.07, 6.45) is 3.78. The molecule has 0 aliphatic rings. The highest BCUT2D eigenvalue weighted by Gasteiger charge is 2.12. The molecule has 0 amide bonds. The molecule has 1 N–H and O–H groups in total. The van der Waals surface area contributed by atoms with E-state index in [0.29, 0.717) is 0 Å². The van der Waals surface area contributed by atoms with Crippen LogP contribution >= 0.6 is 11.3 Å². The van der Waals surface area contributed by atoms with Crippen LogP contribution in [0.4, 0.5) is 5.13 Å². The minimum atomic E-state index is 0.898. The van der Waals surface area contributed by atoms with Gasteiger partial charge in [0.05, 0.1) is 5.69 Å². The Morgan fingerprint density at radius 1 is 1.35 bits per heavy atom. The maximum Gasteiger partial charge on any atom is 0.185 e. The van der Waals surface area contributed by atoms with Gasteiger partial charge in [-0.2, -0.15) is 0 Å². The Kier molecular flexibility index (Phi) is 5.49. The number of nitrogens with one attached hydrogen (secondary N) is 1. The lowest BCUT2D eigenvalue weighted by Crippen LogP contribution is -2.20. The van der Waals surface area contributed by atoms with Crippen LogP contribution in [0.3, 0.4) is 0 Å². The number of anilines is 1. The average molecular weight is 290 g/mol. The number of rotatable bonds is 7. The summed E-state index contributed by atoms with van der Waals surface area (Å²) in [4.78, 5) is 12.7. The maximum absolute atomic E-state index is 4.74. The third-order valence-electron chi connectivity index (χ3n) is 3.20. The fourth-order valence-corrected chi connectivity index (χ4v) is 3.18. The second-order valence-corrected chi connectivity index (χ2v) is 5.80. The first-order valence-corrected chi connectivity index (χ1v) is 7.80. The van der Waals surface area contributed by atoms with E-state index in [1.807, 2.05) is 25.4 Å². The lowest BCUT2D eigenvalue weighted by molar-refractivity contribution is 0.812. The Bertz CT molecular complexity index is 524. The normalized spacial score (nSPS) is 10.8. The molecule has 0 spiro atoms. The molecule has 108 valence electrons. The van der Waals surface area contributed by atoms with Crippen molar-refractivity contribution in [1.29, 1.82) is 0 Å². The molecule has 0 radical (unpaired) electrons. The molecule has 4 nitrogen and oxygen atoms in total. The highest BCUT2D eigenvalue weighted by Crippen LogP contribution is 2.26. The number of likely N-dealkylation sites (N-methyl/N-ethyl adjacent to an activating group) is 1. The van der Waals surface area contributed by atoms with Crippen molar-refractivity contribution in [3.05, 3.63) is 40.7 Å². The van der Waals surface area contributed by atoms with Crippen molar-refractivity contribution < 1.29 is 0 Å². The van der Waals surface area contributed by atoms with E-state index < -0.39 is 0 Å². The molecule has 0 aliphatic heterocycles. The van der Waals surface area contributed by atoms with Crippen LogP contribution in [0.25, 0.3) is 0 Å². The van der Waals surface area contributed by atoms with Gasteiger partial charge in [0, 0.05) is 43.3 Å². The number of thiazole rings is 1. The molecular formula is C15H22N4S. The Labute approximate surface area is 124 Å². The van der Waals surface area contributed by atoms with Crippen molar-refractivity contribution in [3.8, 4) is 0 Å². The second kappa shape index (κ2) is 7.36. The van der Waals surface area contributed by atoms with E-state index in [1.165, 1.54) is 10.6 Å². The number of aromatic nitrogens is 2. The molecule has 0 saturated heterocycles. The van der Waals surface area contributed by atoms with E-state index in [9.17, 15) is 0 Å². The first-order valence-electron chi connectivity index (χ1n) is 6.98. The molecule has 2 aromatic rings. The number of pyridine rings is 1. The van der Waals surface area contributed by atoms with Crippen molar-refractivity contribution >= 4 is 16.5 Å². The van der Waals surface area contributed by atoms with Gasteiger partial charge in [-0.15, -0.1) is 11.3 Å². The van der Waals surface area contributed by atoms with Gasteiger partial charge in [-0.1, -0.05) is 13.0 Å². The Balaban J connectivity index is 2.00. The molecule has 2 aromatic heterocycles. The molecule has 0 saturated carbocycles. The van der Waals surface area contributed by atoms with Gasteiger partial charge in [-0.25, -0.2) is 4.98 Å². The lowest BCUT2D eigenvalue weighted by Gasteiger charge is -2.15. The topological polar surface area (TPSA) is 41.1 Å². The molecule has 0 aromatic carbocycles. The van der Waals surface area contributed by atoms with E-state index >= 15 is 0 Å². The van der Waals surface area contributed by atoms with E-state index in [-0.39, 0.29) is 0 Å². The zero-order valence-corrected chi connectivity index (χ0v) is 13.2. The molecule has 0 atom stereocenters. The summed E-state index contributed by atoms with van der Waals surface area (Å²) < 4.78 is 0. The zero-order valence-electron chi connectivity index (χ0n) is 12.4. The van der Waals surface area contributed by atoms with Crippen molar-refractivity contribution in [3.63, 3.8) is 0 Å². The van der Waals surface area contributed by atoms with Crippen molar-refractivity contribution in [2.75, 3.05) is 25.5 Å². The van der Waals surface area contributed by atoms with E-state index in [0.717, 1.165) is 36.8 Å². The molecule has 0 unspecified atom stereocenters. The largest absolute Gasteiger partial charge is 0.351 e. The highest BCUT2D eigenvalue weighted by atomic mass is 32.1. The Morgan fingerprint density at radius 2 is 2.20 bits per heavy atom. The fraction of sp³-hybridized carbons (Fsp3) is 0.467. The third-order valence-corrected chi connectivity index (χ3v) is 4.41. The van der Waals surface area contributed by atoms with E-state index in [2.05, 4.69) is 35.2 Å². The predicted molar refractivity (Wildman–Crippen MR) is 85.5 cm³/mol. The van der Waals surface area contributed by atoms with Gasteiger partial charge in [-0.3, -0.25) is 4.98 Å². The quantitative estimate of drug-likeness (QED) is 0.850. The zero-order chi connectivity index (χ0) is 14.4. The molecular weight excluding hydrogens is 268 g/mol. The molecule has 2 rings (SSSR count). The van der Waals surface area contributed by atoms with Crippen LogP contribution in [0.5, 0.6) is 0 Å². The summed E-state index contributed by atoms with van der Waals surface area (Å²) in [5.41, 5.74) is 2.34. The SMILES string of the molecule is CCc1nc(N(C)CCc2ccccn2)sc1CNC. The van der Waals surface area contributed by atoms with Crippen LogP contribution in [-0.4, -0.2) is 30.6 Å². The predicted octanol–water partition coefficient (Wildman–Crippen LogP) is 2.50. The van der Waals surface area contributed by atoms with Crippen LogP contribution in [-0.2, 0) is 19.4 Å². The van der Waals surface area contributed by atoms with Gasteiger partial charge in [0.1, 0.15) is 0 Å². The number of hydrogen-bond donors (Lipinski definition) is 1. The second-order valence-electron chi connectivity index (χ2n) is 4.74. The molecule has 20 heavy (non-hydrogen) atoms. The van der Waals surface area contributed by atoms with Crippen LogP contribution in [0.1, 0.15) is 23.2 Å². The molecule has 5 heteroatoms. The first-order chi connectivity index (χ1) is 9.74. The van der Waals surface area contributed by atoms with E-state index in [4.69, 9.17) is 4.98 Å². The highest BCUT2D eigenvalue weighted by molar-refractivity contribution is 7.15. The van der Waals surface area contributed by atoms with Gasteiger partial charge in [0.15, 0.2) is 5.13 Å². The van der Waals surface area contributed by atoms with Gasteiger partial charge >= 0.3 is 0 Å². The number of hydrogen-bond acceptors (Lipinski definition) is 5. The van der Waals surface area contributed by atoms with Crippen LogP contribution in [0.15, 0.2) is 24.4 Å². The number of aryl methyl sites for hydroxylation is 1. The van der Waals surface area contributed by atoms with Crippen molar-refractivity contribution in [1.82, 2.24) is 15.3 Å². The van der Waals surface area contributed by atoms with Gasteiger partial charge in [0.25, 0.3) is 0 Å². The van der Waals surface area contributed by atoms with Crippen molar-refractivity contribution in [2.24, 2.45) is 0 Å². The van der Waals surface area contributed by atoms with Gasteiger partial charge in [0.2, 0.25) is 0 Å².